The fraction of sp³-hybridized carbons (Fsp3) is 0.158. The molecule has 1 aromatic heterocycles. The number of anilines is 1. The number of hydrogen-bond acceptors (Lipinski definition) is 3. The first kappa shape index (κ1) is 19.8. The summed E-state index contributed by atoms with van der Waals surface area (Å²) in [6, 6.07) is 14.0. The summed E-state index contributed by atoms with van der Waals surface area (Å²) in [6.07, 6.45) is -4.67. The van der Waals surface area contributed by atoms with Crippen molar-refractivity contribution in [3.05, 3.63) is 70.9 Å². The van der Waals surface area contributed by atoms with E-state index in [1.54, 1.807) is 24.3 Å². The van der Waals surface area contributed by atoms with Crippen molar-refractivity contribution in [1.82, 2.24) is 9.78 Å². The number of nitrogens with zero attached hydrogens (tertiary/aromatic N) is 2. The minimum atomic E-state index is -4.67. The summed E-state index contributed by atoms with van der Waals surface area (Å²) in [7, 11) is 0. The molecule has 1 N–H and O–H groups in total. The van der Waals surface area contributed by atoms with E-state index in [4.69, 9.17) is 16.3 Å². The smallest absolute Gasteiger partial charge is 0.435 e. The van der Waals surface area contributed by atoms with Crippen LogP contribution in [0.4, 0.5) is 18.9 Å². The summed E-state index contributed by atoms with van der Waals surface area (Å²) in [6.45, 7) is 1.41. The van der Waals surface area contributed by atoms with Crippen LogP contribution in [0.5, 0.6) is 5.88 Å². The Bertz CT molecular complexity index is 985. The maximum absolute atomic E-state index is 13.1. The van der Waals surface area contributed by atoms with Crippen molar-refractivity contribution in [2.24, 2.45) is 0 Å². The number of rotatable bonds is 5. The van der Waals surface area contributed by atoms with E-state index < -0.39 is 24.4 Å². The standard InChI is InChI=1S/C19H15ClF3N3O2/c1-12-6-8-13(9-7-12)24-17(27)11-28-18-10-16(19(21,22)23)25-26(18)15-5-3-2-4-14(15)20/h2-10H,11H2,1H3,(H,24,27). The molecule has 0 bridgehead atoms. The molecule has 0 saturated heterocycles. The second-order valence-corrected chi connectivity index (χ2v) is 6.34. The summed E-state index contributed by atoms with van der Waals surface area (Å²) in [5.74, 6) is -0.774. The lowest BCUT2D eigenvalue weighted by atomic mass is 10.2. The summed E-state index contributed by atoms with van der Waals surface area (Å²) in [5.41, 5.74) is 0.627. The summed E-state index contributed by atoms with van der Waals surface area (Å²) >= 11 is 6.06. The number of amides is 1. The van der Waals surface area contributed by atoms with E-state index >= 15 is 0 Å². The number of benzene rings is 2. The quantitative estimate of drug-likeness (QED) is 0.654. The number of carbonyl (C=O) groups is 1. The van der Waals surface area contributed by atoms with E-state index in [1.807, 2.05) is 19.1 Å². The van der Waals surface area contributed by atoms with Crippen LogP contribution in [0.2, 0.25) is 5.02 Å². The highest BCUT2D eigenvalue weighted by Gasteiger charge is 2.36. The average molecular weight is 410 g/mol. The highest BCUT2D eigenvalue weighted by Crippen LogP contribution is 2.33. The minimum absolute atomic E-state index is 0.188. The third kappa shape index (κ3) is 4.64. The molecule has 28 heavy (non-hydrogen) atoms. The number of alkyl halides is 3. The van der Waals surface area contributed by atoms with Crippen molar-refractivity contribution in [2.75, 3.05) is 11.9 Å². The van der Waals surface area contributed by atoms with Crippen LogP contribution in [0, 0.1) is 6.92 Å². The lowest BCUT2D eigenvalue weighted by molar-refractivity contribution is -0.141. The molecule has 0 spiro atoms. The van der Waals surface area contributed by atoms with Gasteiger partial charge in [0.05, 0.1) is 10.7 Å². The maximum atomic E-state index is 13.1. The molecule has 5 nitrogen and oxygen atoms in total. The fourth-order valence-electron chi connectivity index (χ4n) is 2.37. The Hall–Kier alpha value is -3.00. The van der Waals surface area contributed by atoms with Gasteiger partial charge in [0, 0.05) is 11.8 Å². The predicted octanol–water partition coefficient (Wildman–Crippen LogP) is 4.87. The molecule has 9 heteroatoms. The van der Waals surface area contributed by atoms with Crippen LogP contribution in [0.1, 0.15) is 11.3 Å². The molecule has 0 saturated carbocycles. The molecule has 0 aliphatic heterocycles. The van der Waals surface area contributed by atoms with Crippen LogP contribution < -0.4 is 10.1 Å². The summed E-state index contributed by atoms with van der Waals surface area (Å²) in [5, 5.41) is 6.33. The number of aromatic nitrogens is 2. The molecule has 3 rings (SSSR count). The number of halogens is 4. The van der Waals surface area contributed by atoms with Crippen LogP contribution in [0.15, 0.2) is 54.6 Å². The minimum Gasteiger partial charge on any atom is -0.467 e. The zero-order valence-electron chi connectivity index (χ0n) is 14.6. The average Bonchev–Trinajstić information content (AvgIpc) is 3.07. The van der Waals surface area contributed by atoms with E-state index in [1.165, 1.54) is 12.1 Å². The molecule has 2 aromatic carbocycles. The van der Waals surface area contributed by atoms with E-state index in [0.717, 1.165) is 16.3 Å². The van der Waals surface area contributed by atoms with Crippen LogP contribution in [0.3, 0.4) is 0 Å². The van der Waals surface area contributed by atoms with Crippen LogP contribution in [0.25, 0.3) is 5.69 Å². The van der Waals surface area contributed by atoms with Gasteiger partial charge in [-0.05, 0) is 31.2 Å². The van der Waals surface area contributed by atoms with Crippen molar-refractivity contribution in [1.29, 1.82) is 0 Å². The van der Waals surface area contributed by atoms with Gasteiger partial charge >= 0.3 is 6.18 Å². The van der Waals surface area contributed by atoms with E-state index in [0.29, 0.717) is 5.69 Å². The van der Waals surface area contributed by atoms with Gasteiger partial charge in [0.2, 0.25) is 5.88 Å². The molecule has 0 unspecified atom stereocenters. The predicted molar refractivity (Wildman–Crippen MR) is 98.9 cm³/mol. The van der Waals surface area contributed by atoms with Gasteiger partial charge in [-0.2, -0.15) is 23.0 Å². The van der Waals surface area contributed by atoms with Gasteiger partial charge in [-0.25, -0.2) is 0 Å². The number of nitrogens with one attached hydrogen (secondary N) is 1. The molecule has 0 radical (unpaired) electrons. The zero-order chi connectivity index (χ0) is 20.3. The molecule has 1 amide bonds. The van der Waals surface area contributed by atoms with Crippen molar-refractivity contribution in [3.63, 3.8) is 0 Å². The monoisotopic (exact) mass is 409 g/mol. The normalized spacial score (nSPS) is 11.3. The van der Waals surface area contributed by atoms with Crippen molar-refractivity contribution < 1.29 is 22.7 Å². The SMILES string of the molecule is Cc1ccc(NC(=O)COc2cc(C(F)(F)F)nn2-c2ccccc2Cl)cc1. The lowest BCUT2D eigenvalue weighted by Crippen LogP contribution is -2.21. The number of para-hydroxylation sites is 1. The highest BCUT2D eigenvalue weighted by molar-refractivity contribution is 6.32. The molecule has 0 aliphatic carbocycles. The third-order valence-corrected chi connectivity index (χ3v) is 4.05. The molecule has 1 heterocycles. The Balaban J connectivity index is 1.80. The molecule has 3 aromatic rings. The zero-order valence-corrected chi connectivity index (χ0v) is 15.4. The van der Waals surface area contributed by atoms with Gasteiger partial charge in [0.15, 0.2) is 12.3 Å². The molecular weight excluding hydrogens is 395 g/mol. The topological polar surface area (TPSA) is 56.1 Å². The van der Waals surface area contributed by atoms with Crippen LogP contribution in [-0.2, 0) is 11.0 Å². The number of carbonyl (C=O) groups excluding carboxylic acids is 1. The fourth-order valence-corrected chi connectivity index (χ4v) is 2.59. The van der Waals surface area contributed by atoms with Crippen molar-refractivity contribution >= 4 is 23.2 Å². The van der Waals surface area contributed by atoms with Crippen molar-refractivity contribution in [3.8, 4) is 11.6 Å². The van der Waals surface area contributed by atoms with E-state index in [-0.39, 0.29) is 16.6 Å². The van der Waals surface area contributed by atoms with Crippen LogP contribution >= 0.6 is 11.6 Å². The molecule has 0 atom stereocenters. The first-order chi connectivity index (χ1) is 13.2. The van der Waals surface area contributed by atoms with Crippen molar-refractivity contribution in [2.45, 2.75) is 13.1 Å². The number of hydrogen-bond donors (Lipinski definition) is 1. The number of ether oxygens (including phenoxy) is 1. The third-order valence-electron chi connectivity index (χ3n) is 3.73. The Morgan fingerprint density at radius 3 is 2.50 bits per heavy atom. The number of aryl methyl sites for hydroxylation is 1. The van der Waals surface area contributed by atoms with Gasteiger partial charge in [-0.3, -0.25) is 4.79 Å². The van der Waals surface area contributed by atoms with Gasteiger partial charge in [0.1, 0.15) is 0 Å². The maximum Gasteiger partial charge on any atom is 0.435 e. The second-order valence-electron chi connectivity index (χ2n) is 5.93. The Kier molecular flexibility index (Phi) is 5.60. The highest BCUT2D eigenvalue weighted by atomic mass is 35.5. The van der Waals surface area contributed by atoms with Crippen LogP contribution in [-0.4, -0.2) is 22.3 Å². The Morgan fingerprint density at radius 2 is 1.86 bits per heavy atom. The van der Waals surface area contributed by atoms with Gasteiger partial charge in [-0.15, -0.1) is 0 Å². The second kappa shape index (κ2) is 7.93. The first-order valence-corrected chi connectivity index (χ1v) is 8.53. The lowest BCUT2D eigenvalue weighted by Gasteiger charge is -2.10. The Labute approximate surface area is 163 Å². The van der Waals surface area contributed by atoms with Gasteiger partial charge < -0.3 is 10.1 Å². The Morgan fingerprint density at radius 1 is 1.18 bits per heavy atom. The molecule has 0 fully saturated rings. The molecule has 146 valence electrons. The van der Waals surface area contributed by atoms with Gasteiger partial charge in [0.25, 0.3) is 5.91 Å². The first-order valence-electron chi connectivity index (χ1n) is 8.15. The van der Waals surface area contributed by atoms with Gasteiger partial charge in [-0.1, -0.05) is 41.4 Å². The molecule has 0 aliphatic rings. The van der Waals surface area contributed by atoms with E-state index in [2.05, 4.69) is 10.4 Å². The summed E-state index contributed by atoms with van der Waals surface area (Å²) < 4.78 is 45.4. The molecular formula is C19H15ClF3N3O2. The van der Waals surface area contributed by atoms with E-state index in [9.17, 15) is 18.0 Å². The summed E-state index contributed by atoms with van der Waals surface area (Å²) in [4.78, 5) is 12.1. The largest absolute Gasteiger partial charge is 0.467 e.